The van der Waals surface area contributed by atoms with E-state index in [-0.39, 0.29) is 0 Å². The summed E-state index contributed by atoms with van der Waals surface area (Å²) in [5, 5.41) is 4.39. The zero-order valence-electron chi connectivity index (χ0n) is 24.4. The summed E-state index contributed by atoms with van der Waals surface area (Å²) in [6.07, 6.45) is 3.65. The Labute approximate surface area is 241 Å². The number of hydrogen-bond donors (Lipinski definition) is 1. The lowest BCUT2D eigenvalue weighted by atomic mass is 10.0. The topological polar surface area (TPSA) is 76.2 Å². The largest absolute Gasteiger partial charge is 0.493 e. The molecule has 0 amide bonds. The highest BCUT2D eigenvalue weighted by atomic mass is 16.5. The summed E-state index contributed by atoms with van der Waals surface area (Å²) in [6, 6.07) is 16.5. The number of nitrogens with one attached hydrogen (secondary N) is 1. The van der Waals surface area contributed by atoms with Gasteiger partial charge in [0.05, 0.1) is 38.1 Å². The van der Waals surface area contributed by atoms with Gasteiger partial charge >= 0.3 is 0 Å². The molecule has 0 aliphatic carbocycles. The minimum Gasteiger partial charge on any atom is -0.493 e. The Morgan fingerprint density at radius 3 is 2.22 bits per heavy atom. The lowest BCUT2D eigenvalue weighted by Gasteiger charge is -2.35. The van der Waals surface area contributed by atoms with Crippen LogP contribution in [0.15, 0.2) is 54.7 Å². The van der Waals surface area contributed by atoms with Crippen molar-refractivity contribution in [2.24, 2.45) is 0 Å². The molecule has 1 saturated heterocycles. The van der Waals surface area contributed by atoms with Crippen molar-refractivity contribution in [1.29, 1.82) is 0 Å². The third-order valence-corrected chi connectivity index (χ3v) is 7.87. The van der Waals surface area contributed by atoms with E-state index in [0.29, 0.717) is 17.1 Å². The standard InChI is InChI=1S/C33H37N4O4/c1-22-6-9-27(16-23(22)2)35-31-26(21-38)18-34-29-10-7-24(17-28(29)31)19-36-12-14-37(15-13-36)20-25-8-11-30(39-3)33(41-5)32(25)40-4/h6-11,16-18H,12-15,19-20H2,1-5H3,(H,34,35). The van der Waals surface area contributed by atoms with Crippen molar-refractivity contribution in [2.45, 2.75) is 26.9 Å². The fraction of sp³-hybridized carbons (Fsp3) is 0.333. The first kappa shape index (κ1) is 28.4. The smallest absolute Gasteiger partial charge is 0.237 e. The molecule has 41 heavy (non-hydrogen) atoms. The SMILES string of the molecule is COc1ccc(CN2CCN(Cc3ccc4ncc([C]=O)c(Nc5ccc(C)c(C)c5)c4c3)CC2)c(OC)c1OC. The van der Waals surface area contributed by atoms with Crippen LogP contribution in [-0.2, 0) is 17.9 Å². The summed E-state index contributed by atoms with van der Waals surface area (Å²) in [5.74, 6) is 2.00. The highest BCUT2D eigenvalue weighted by molar-refractivity contribution is 6.01. The summed E-state index contributed by atoms with van der Waals surface area (Å²) in [7, 11) is 4.92. The van der Waals surface area contributed by atoms with Crippen LogP contribution in [0.5, 0.6) is 17.2 Å². The average molecular weight is 554 g/mol. The maximum absolute atomic E-state index is 11.8. The van der Waals surface area contributed by atoms with Crippen molar-refractivity contribution in [3.63, 3.8) is 0 Å². The van der Waals surface area contributed by atoms with E-state index in [1.54, 1.807) is 27.5 Å². The predicted octanol–water partition coefficient (Wildman–Crippen LogP) is 5.40. The number of fused-ring (bicyclic) bond motifs is 1. The number of rotatable bonds is 10. The van der Waals surface area contributed by atoms with Gasteiger partial charge in [0, 0.05) is 62.1 Å². The number of aromatic nitrogens is 1. The summed E-state index contributed by atoms with van der Waals surface area (Å²) >= 11 is 0. The van der Waals surface area contributed by atoms with Crippen LogP contribution in [0.3, 0.4) is 0 Å². The number of pyridine rings is 1. The molecule has 0 bridgehead atoms. The summed E-state index contributed by atoms with van der Waals surface area (Å²) in [5.41, 5.74) is 7.61. The number of methoxy groups -OCH3 is 3. The van der Waals surface area contributed by atoms with E-state index in [0.717, 1.165) is 72.9 Å². The van der Waals surface area contributed by atoms with Gasteiger partial charge in [-0.1, -0.05) is 18.2 Å². The first-order chi connectivity index (χ1) is 19.9. The van der Waals surface area contributed by atoms with Crippen molar-refractivity contribution in [1.82, 2.24) is 14.8 Å². The number of piperazine rings is 1. The minimum absolute atomic E-state index is 0.423. The molecule has 1 aliphatic rings. The highest BCUT2D eigenvalue weighted by Gasteiger charge is 2.22. The molecule has 5 rings (SSSR count). The van der Waals surface area contributed by atoms with Gasteiger partial charge in [0.25, 0.3) is 0 Å². The van der Waals surface area contributed by atoms with Gasteiger partial charge in [-0.3, -0.25) is 19.6 Å². The number of nitrogens with zero attached hydrogens (tertiary/aromatic N) is 3. The van der Waals surface area contributed by atoms with Crippen molar-refractivity contribution in [2.75, 3.05) is 52.8 Å². The second-order valence-corrected chi connectivity index (χ2v) is 10.5. The van der Waals surface area contributed by atoms with E-state index in [1.807, 2.05) is 24.3 Å². The summed E-state index contributed by atoms with van der Waals surface area (Å²) < 4.78 is 16.7. The van der Waals surface area contributed by atoms with Crippen LogP contribution in [0, 0.1) is 13.8 Å². The molecule has 1 N–H and O–H groups in total. The van der Waals surface area contributed by atoms with Crippen molar-refractivity contribution < 1.29 is 19.0 Å². The first-order valence-corrected chi connectivity index (χ1v) is 13.8. The van der Waals surface area contributed by atoms with Crippen LogP contribution in [0.4, 0.5) is 11.4 Å². The molecule has 0 saturated carbocycles. The molecule has 1 aromatic heterocycles. The Hall–Kier alpha value is -4.14. The first-order valence-electron chi connectivity index (χ1n) is 13.8. The van der Waals surface area contributed by atoms with Crippen LogP contribution < -0.4 is 19.5 Å². The van der Waals surface area contributed by atoms with Crippen molar-refractivity contribution in [3.8, 4) is 17.2 Å². The third-order valence-electron chi connectivity index (χ3n) is 7.87. The zero-order valence-corrected chi connectivity index (χ0v) is 24.4. The fourth-order valence-electron chi connectivity index (χ4n) is 5.41. The Balaban J connectivity index is 1.29. The van der Waals surface area contributed by atoms with Gasteiger partial charge in [0.1, 0.15) is 0 Å². The maximum Gasteiger partial charge on any atom is 0.237 e. The Bertz CT molecular complexity index is 1550. The number of carbonyl (C=O) groups excluding carboxylic acids is 1. The molecule has 0 unspecified atom stereocenters. The van der Waals surface area contributed by atoms with E-state index in [4.69, 9.17) is 14.2 Å². The molecular weight excluding hydrogens is 516 g/mol. The normalized spacial score (nSPS) is 14.2. The lowest BCUT2D eigenvalue weighted by Crippen LogP contribution is -2.45. The second-order valence-electron chi connectivity index (χ2n) is 10.5. The molecule has 1 aliphatic heterocycles. The zero-order chi connectivity index (χ0) is 28.9. The molecule has 8 heteroatoms. The Morgan fingerprint density at radius 2 is 1.56 bits per heavy atom. The molecular formula is C33H37N4O4. The van der Waals surface area contributed by atoms with E-state index in [2.05, 4.69) is 64.5 Å². The summed E-state index contributed by atoms with van der Waals surface area (Å²) in [6.45, 7) is 9.54. The molecule has 2 heterocycles. The fourth-order valence-corrected chi connectivity index (χ4v) is 5.41. The van der Waals surface area contributed by atoms with Gasteiger partial charge in [-0.2, -0.15) is 0 Å². The van der Waals surface area contributed by atoms with E-state index < -0.39 is 0 Å². The van der Waals surface area contributed by atoms with Crippen LogP contribution in [0.2, 0.25) is 0 Å². The van der Waals surface area contributed by atoms with Gasteiger partial charge in [0.15, 0.2) is 11.5 Å². The minimum atomic E-state index is 0.423. The van der Waals surface area contributed by atoms with E-state index >= 15 is 0 Å². The maximum atomic E-state index is 11.8. The number of aryl methyl sites for hydroxylation is 2. The molecule has 0 spiro atoms. The Kier molecular flexibility index (Phi) is 8.71. The monoisotopic (exact) mass is 553 g/mol. The second kappa shape index (κ2) is 12.6. The molecule has 8 nitrogen and oxygen atoms in total. The van der Waals surface area contributed by atoms with Crippen LogP contribution in [0.1, 0.15) is 27.8 Å². The molecule has 1 fully saturated rings. The predicted molar refractivity (Wildman–Crippen MR) is 162 cm³/mol. The molecule has 4 aromatic rings. The molecule has 213 valence electrons. The molecule has 0 atom stereocenters. The molecule has 3 aromatic carbocycles. The van der Waals surface area contributed by atoms with Gasteiger partial charge in [0.2, 0.25) is 12.0 Å². The van der Waals surface area contributed by atoms with E-state index in [9.17, 15) is 4.79 Å². The van der Waals surface area contributed by atoms with Crippen LogP contribution in [0.25, 0.3) is 10.9 Å². The van der Waals surface area contributed by atoms with Crippen LogP contribution >= 0.6 is 0 Å². The number of anilines is 2. The summed E-state index contributed by atoms with van der Waals surface area (Å²) in [4.78, 5) is 21.2. The molecule has 1 radical (unpaired) electrons. The van der Waals surface area contributed by atoms with Crippen molar-refractivity contribution >= 4 is 28.6 Å². The van der Waals surface area contributed by atoms with Gasteiger partial charge in [-0.15, -0.1) is 0 Å². The number of benzene rings is 3. The van der Waals surface area contributed by atoms with Gasteiger partial charge in [-0.05, 0) is 60.9 Å². The highest BCUT2D eigenvalue weighted by Crippen LogP contribution is 2.40. The number of ether oxygens (including phenoxy) is 3. The van der Waals surface area contributed by atoms with Gasteiger partial charge in [-0.25, -0.2) is 0 Å². The Morgan fingerprint density at radius 1 is 0.829 bits per heavy atom. The van der Waals surface area contributed by atoms with Gasteiger partial charge < -0.3 is 19.5 Å². The lowest BCUT2D eigenvalue weighted by molar-refractivity contribution is 0.121. The average Bonchev–Trinajstić information content (AvgIpc) is 2.99. The van der Waals surface area contributed by atoms with E-state index in [1.165, 1.54) is 16.7 Å². The van der Waals surface area contributed by atoms with Crippen LogP contribution in [-0.4, -0.2) is 68.6 Å². The quantitative estimate of drug-likeness (QED) is 0.280. The third kappa shape index (κ3) is 6.14. The number of hydrogen-bond acceptors (Lipinski definition) is 8. The van der Waals surface area contributed by atoms with Crippen molar-refractivity contribution in [3.05, 3.63) is 82.5 Å².